The van der Waals surface area contributed by atoms with E-state index in [9.17, 15) is 18.8 Å². The molecule has 148 valence electrons. The summed E-state index contributed by atoms with van der Waals surface area (Å²) in [5.74, 6) is 0.346. The van der Waals surface area contributed by atoms with E-state index in [0.717, 1.165) is 16.7 Å². The van der Waals surface area contributed by atoms with Crippen LogP contribution in [0.1, 0.15) is 61.8 Å². The van der Waals surface area contributed by atoms with Crippen LogP contribution in [0.4, 0.5) is 0 Å². The van der Waals surface area contributed by atoms with Crippen LogP contribution in [0.2, 0.25) is 0 Å². The maximum Gasteiger partial charge on any atom is 0.251 e. The van der Waals surface area contributed by atoms with Gasteiger partial charge in [-0.05, 0) is 52.3 Å². The highest BCUT2D eigenvalue weighted by Gasteiger charge is 2.19. The first-order valence-corrected chi connectivity index (χ1v) is 10.7. The summed E-state index contributed by atoms with van der Waals surface area (Å²) < 4.78 is 27.7. The third-order valence-electron chi connectivity index (χ3n) is 4.44. The zero-order valence-electron chi connectivity index (χ0n) is 16.6. The molecule has 0 amide bonds. The molecule has 0 saturated carbocycles. The minimum Gasteiger partial charge on any atom is -0.507 e. The molecule has 0 bridgehead atoms. The number of phenols is 1. The molecule has 0 radical (unpaired) electrons. The summed E-state index contributed by atoms with van der Waals surface area (Å²) in [6.45, 7) is 7.92. The van der Waals surface area contributed by atoms with Crippen molar-refractivity contribution in [3.05, 3.63) is 69.6 Å². The van der Waals surface area contributed by atoms with Crippen molar-refractivity contribution in [2.24, 2.45) is 0 Å². The second kappa shape index (κ2) is 9.05. The second-order valence-electron chi connectivity index (χ2n) is 7.29. The van der Waals surface area contributed by atoms with Crippen LogP contribution in [0.15, 0.2) is 47.4 Å². The molecule has 5 nitrogen and oxygen atoms in total. The zero-order valence-corrected chi connectivity index (χ0v) is 17.4. The Morgan fingerprint density at radius 1 is 1.11 bits per heavy atom. The number of nitriles is 1. The highest BCUT2D eigenvalue weighted by atomic mass is 32.2. The lowest BCUT2D eigenvalue weighted by Crippen LogP contribution is -2.24. The van der Waals surface area contributed by atoms with Crippen LogP contribution in [-0.2, 0) is 16.6 Å². The zero-order chi connectivity index (χ0) is 20.9. The molecule has 28 heavy (non-hydrogen) atoms. The molecule has 2 aromatic rings. The van der Waals surface area contributed by atoms with Gasteiger partial charge in [0, 0.05) is 6.54 Å². The number of allylic oxidation sites excluding steroid dienone is 1. The van der Waals surface area contributed by atoms with Gasteiger partial charge in [-0.1, -0.05) is 58.0 Å². The van der Waals surface area contributed by atoms with Gasteiger partial charge in [0.1, 0.15) is 11.8 Å². The summed E-state index contributed by atoms with van der Waals surface area (Å²) in [6, 6.07) is 14.4. The Balaban J connectivity index is 2.41. The van der Waals surface area contributed by atoms with Gasteiger partial charge >= 0.3 is 0 Å². The lowest BCUT2D eigenvalue weighted by molar-refractivity contribution is 0.454. The summed E-state index contributed by atoms with van der Waals surface area (Å²) >= 11 is 0. The number of hydrogen-bond acceptors (Lipinski definition) is 4. The van der Waals surface area contributed by atoms with Crippen molar-refractivity contribution in [1.29, 1.82) is 5.26 Å². The molecule has 0 heterocycles. The standard InChI is InChI=1S/C22H26N2O3S/c1-15(2)20-11-18(12-21(16(3)4)22(20)25)10-19(13-23)28(26,27)24-14-17-8-6-5-7-9-17/h5-12,15-16,24-25H,14H2,1-4H3/b19-10-. The normalized spacial score (nSPS) is 12.4. The molecule has 0 aliphatic rings. The van der Waals surface area contributed by atoms with Gasteiger partial charge in [0.25, 0.3) is 10.0 Å². The molecule has 2 rings (SSSR count). The molecule has 0 aromatic heterocycles. The van der Waals surface area contributed by atoms with Crippen molar-refractivity contribution < 1.29 is 13.5 Å². The van der Waals surface area contributed by atoms with Crippen molar-refractivity contribution in [3.63, 3.8) is 0 Å². The predicted molar refractivity (Wildman–Crippen MR) is 112 cm³/mol. The fourth-order valence-corrected chi connectivity index (χ4v) is 3.76. The van der Waals surface area contributed by atoms with Crippen LogP contribution in [0, 0.1) is 11.3 Å². The maximum atomic E-state index is 12.6. The van der Waals surface area contributed by atoms with E-state index >= 15 is 0 Å². The Morgan fingerprint density at radius 3 is 2.11 bits per heavy atom. The fourth-order valence-electron chi connectivity index (χ4n) is 2.84. The van der Waals surface area contributed by atoms with Crippen molar-refractivity contribution >= 4 is 16.1 Å². The summed E-state index contributed by atoms with van der Waals surface area (Å²) in [6.07, 6.45) is 1.35. The van der Waals surface area contributed by atoms with Gasteiger partial charge in [0.2, 0.25) is 0 Å². The van der Waals surface area contributed by atoms with Crippen LogP contribution in [0.25, 0.3) is 6.08 Å². The van der Waals surface area contributed by atoms with E-state index in [4.69, 9.17) is 0 Å². The van der Waals surface area contributed by atoms with Gasteiger partial charge in [-0.3, -0.25) is 0 Å². The van der Waals surface area contributed by atoms with E-state index in [1.165, 1.54) is 6.08 Å². The molecule has 0 unspecified atom stereocenters. The Morgan fingerprint density at radius 2 is 1.64 bits per heavy atom. The van der Waals surface area contributed by atoms with E-state index in [2.05, 4.69) is 4.72 Å². The number of hydrogen-bond donors (Lipinski definition) is 2. The summed E-state index contributed by atoms with van der Waals surface area (Å²) in [5, 5.41) is 19.9. The van der Waals surface area contributed by atoms with Gasteiger partial charge in [-0.25, -0.2) is 13.1 Å². The molecule has 0 atom stereocenters. The minimum absolute atomic E-state index is 0.0594. The molecule has 6 heteroatoms. The first-order valence-electron chi connectivity index (χ1n) is 9.18. The van der Waals surface area contributed by atoms with Gasteiger partial charge in [0.15, 0.2) is 4.91 Å². The largest absolute Gasteiger partial charge is 0.507 e. The SMILES string of the molecule is CC(C)c1cc(/C=C(/C#N)S(=O)(=O)NCc2ccccc2)cc(C(C)C)c1O. The summed E-state index contributed by atoms with van der Waals surface area (Å²) in [4.78, 5) is -0.362. The van der Waals surface area contributed by atoms with Gasteiger partial charge in [-0.2, -0.15) is 5.26 Å². The minimum atomic E-state index is -3.96. The van der Waals surface area contributed by atoms with E-state index in [0.29, 0.717) is 5.56 Å². The molecule has 0 saturated heterocycles. The van der Waals surface area contributed by atoms with Gasteiger partial charge < -0.3 is 5.11 Å². The number of sulfonamides is 1. The quantitative estimate of drug-likeness (QED) is 0.666. The van der Waals surface area contributed by atoms with E-state index in [1.54, 1.807) is 18.2 Å². The number of nitrogens with zero attached hydrogens (tertiary/aromatic N) is 1. The predicted octanol–water partition coefficient (Wildman–Crippen LogP) is 4.62. The topological polar surface area (TPSA) is 90.2 Å². The van der Waals surface area contributed by atoms with Crippen molar-refractivity contribution in [2.75, 3.05) is 0 Å². The Kier molecular flexibility index (Phi) is 7.00. The van der Waals surface area contributed by atoms with Crippen molar-refractivity contribution in [1.82, 2.24) is 4.72 Å². The molecule has 2 aromatic carbocycles. The van der Waals surface area contributed by atoms with Crippen molar-refractivity contribution in [3.8, 4) is 11.8 Å². The fraction of sp³-hybridized carbons (Fsp3) is 0.318. The molecular formula is C22H26N2O3S. The third kappa shape index (κ3) is 5.22. The molecular weight excluding hydrogens is 372 g/mol. The van der Waals surface area contributed by atoms with Crippen LogP contribution in [-0.4, -0.2) is 13.5 Å². The number of nitrogens with one attached hydrogen (secondary N) is 1. The first kappa shape index (κ1) is 21.7. The third-order valence-corrected chi connectivity index (χ3v) is 5.75. The average Bonchev–Trinajstić information content (AvgIpc) is 2.65. The summed E-state index contributed by atoms with van der Waals surface area (Å²) in [5.41, 5.74) is 2.83. The monoisotopic (exact) mass is 398 g/mol. The Labute approximate surface area is 167 Å². The highest BCUT2D eigenvalue weighted by Crippen LogP contribution is 2.35. The highest BCUT2D eigenvalue weighted by molar-refractivity contribution is 7.93. The smallest absolute Gasteiger partial charge is 0.251 e. The number of aromatic hydroxyl groups is 1. The molecule has 0 aliphatic heterocycles. The first-order chi connectivity index (χ1) is 13.2. The van der Waals surface area contributed by atoms with E-state index in [-0.39, 0.29) is 29.0 Å². The van der Waals surface area contributed by atoms with Gasteiger partial charge in [0.05, 0.1) is 0 Å². The van der Waals surface area contributed by atoms with Gasteiger partial charge in [-0.15, -0.1) is 0 Å². The summed E-state index contributed by atoms with van der Waals surface area (Å²) in [7, 11) is -3.96. The number of benzene rings is 2. The molecule has 0 fully saturated rings. The van der Waals surface area contributed by atoms with Crippen molar-refractivity contribution in [2.45, 2.75) is 46.1 Å². The molecule has 2 N–H and O–H groups in total. The molecule has 0 spiro atoms. The maximum absolute atomic E-state index is 12.6. The number of rotatable bonds is 7. The Bertz CT molecular complexity index is 973. The van der Waals surface area contributed by atoms with Crippen LogP contribution in [0.5, 0.6) is 5.75 Å². The Hall–Kier alpha value is -2.62. The lowest BCUT2D eigenvalue weighted by atomic mass is 9.91. The van der Waals surface area contributed by atoms with E-state index in [1.807, 2.05) is 58.0 Å². The second-order valence-corrected chi connectivity index (χ2v) is 9.02. The lowest BCUT2D eigenvalue weighted by Gasteiger charge is -2.16. The van der Waals surface area contributed by atoms with Crippen LogP contribution >= 0.6 is 0 Å². The number of phenolic OH excluding ortho intramolecular Hbond substituents is 1. The van der Waals surface area contributed by atoms with Crippen LogP contribution < -0.4 is 4.72 Å². The van der Waals surface area contributed by atoms with Crippen LogP contribution in [0.3, 0.4) is 0 Å². The average molecular weight is 399 g/mol. The molecule has 0 aliphatic carbocycles. The van der Waals surface area contributed by atoms with E-state index < -0.39 is 10.0 Å².